The number of benzene rings is 1. The van der Waals surface area contributed by atoms with Gasteiger partial charge in [-0.1, -0.05) is 13.8 Å². The number of aromatic nitrogens is 1. The third-order valence-corrected chi connectivity index (χ3v) is 3.90. The van der Waals surface area contributed by atoms with Gasteiger partial charge in [0.1, 0.15) is 5.52 Å². The van der Waals surface area contributed by atoms with Gasteiger partial charge in [0.15, 0.2) is 11.5 Å². The fraction of sp³-hybridized carbons (Fsp3) is 0.562. The molecule has 0 bridgehead atoms. The van der Waals surface area contributed by atoms with Crippen LogP contribution in [0.2, 0.25) is 0 Å². The first kappa shape index (κ1) is 13.4. The zero-order chi connectivity index (χ0) is 13.9. The van der Waals surface area contributed by atoms with Crippen LogP contribution in [0.5, 0.6) is 0 Å². The molecule has 108 valence electrons. The number of fused-ring (bicyclic) bond motifs is 1. The maximum atomic E-state index is 6.02. The monoisotopic (exact) mass is 273 g/mol. The number of piperazine rings is 1. The Balaban J connectivity index is 2.06. The smallest absolute Gasteiger partial charge is 0.195 e. The van der Waals surface area contributed by atoms with Crippen LogP contribution in [-0.2, 0) is 12.8 Å². The fourth-order valence-electron chi connectivity index (χ4n) is 2.78. The van der Waals surface area contributed by atoms with Gasteiger partial charge in [-0.3, -0.25) is 0 Å². The number of rotatable bonds is 4. The largest absolute Gasteiger partial charge is 0.439 e. The second kappa shape index (κ2) is 5.83. The molecule has 1 aliphatic heterocycles. The van der Waals surface area contributed by atoms with Crippen LogP contribution in [0.25, 0.3) is 11.1 Å². The van der Waals surface area contributed by atoms with Gasteiger partial charge in [0.25, 0.3) is 0 Å². The van der Waals surface area contributed by atoms with Crippen molar-refractivity contribution in [2.24, 2.45) is 0 Å². The lowest BCUT2D eigenvalue weighted by Crippen LogP contribution is -2.43. The SMILES string of the molecule is CCCc1nc2cc(CC)cc(N3CCNCC3)c2o1. The second-order valence-electron chi connectivity index (χ2n) is 5.41. The molecule has 0 saturated carbocycles. The zero-order valence-electron chi connectivity index (χ0n) is 12.4. The molecule has 3 rings (SSSR count). The first-order valence-electron chi connectivity index (χ1n) is 7.69. The first-order chi connectivity index (χ1) is 9.81. The van der Waals surface area contributed by atoms with E-state index in [1.807, 2.05) is 0 Å². The Labute approximate surface area is 120 Å². The molecular formula is C16H23N3O. The van der Waals surface area contributed by atoms with Gasteiger partial charge in [-0.2, -0.15) is 0 Å². The molecule has 0 unspecified atom stereocenters. The van der Waals surface area contributed by atoms with Crippen LogP contribution in [0.3, 0.4) is 0 Å². The van der Waals surface area contributed by atoms with E-state index in [4.69, 9.17) is 4.42 Å². The first-order valence-corrected chi connectivity index (χ1v) is 7.69. The van der Waals surface area contributed by atoms with Crippen molar-refractivity contribution in [3.05, 3.63) is 23.6 Å². The Morgan fingerprint density at radius 2 is 2.05 bits per heavy atom. The zero-order valence-corrected chi connectivity index (χ0v) is 12.4. The van der Waals surface area contributed by atoms with Gasteiger partial charge in [0.2, 0.25) is 0 Å². The summed E-state index contributed by atoms with van der Waals surface area (Å²) in [5.74, 6) is 0.868. The highest BCUT2D eigenvalue weighted by Gasteiger charge is 2.18. The molecule has 1 aliphatic rings. The Kier molecular flexibility index (Phi) is 3.92. The van der Waals surface area contributed by atoms with Gasteiger partial charge in [0, 0.05) is 32.6 Å². The summed E-state index contributed by atoms with van der Waals surface area (Å²) in [6, 6.07) is 4.44. The minimum atomic E-state index is 0.868. The molecule has 0 radical (unpaired) electrons. The molecule has 1 saturated heterocycles. The molecule has 1 aromatic heterocycles. The van der Waals surface area contributed by atoms with Gasteiger partial charge in [-0.25, -0.2) is 4.98 Å². The fourth-order valence-corrected chi connectivity index (χ4v) is 2.78. The predicted octanol–water partition coefficient (Wildman–Crippen LogP) is 2.75. The minimum absolute atomic E-state index is 0.868. The van der Waals surface area contributed by atoms with Crippen molar-refractivity contribution in [1.82, 2.24) is 10.3 Å². The maximum Gasteiger partial charge on any atom is 0.195 e. The maximum absolute atomic E-state index is 6.02. The number of anilines is 1. The molecule has 1 aromatic carbocycles. The van der Waals surface area contributed by atoms with Crippen molar-refractivity contribution in [2.75, 3.05) is 31.1 Å². The molecule has 2 aromatic rings. The lowest BCUT2D eigenvalue weighted by Gasteiger charge is -2.29. The van der Waals surface area contributed by atoms with Crippen LogP contribution in [0.15, 0.2) is 16.5 Å². The van der Waals surface area contributed by atoms with Gasteiger partial charge in [-0.05, 0) is 30.5 Å². The summed E-state index contributed by atoms with van der Waals surface area (Å²) >= 11 is 0. The standard InChI is InChI=1S/C16H23N3O/c1-3-5-15-18-13-10-12(4-2)11-14(16(13)20-15)19-8-6-17-7-9-19/h10-11,17H,3-9H2,1-2H3. The third kappa shape index (κ3) is 2.52. The van der Waals surface area contributed by atoms with Crippen LogP contribution in [-0.4, -0.2) is 31.2 Å². The molecule has 4 nitrogen and oxygen atoms in total. The van der Waals surface area contributed by atoms with Crippen LogP contribution in [0, 0.1) is 0 Å². The summed E-state index contributed by atoms with van der Waals surface area (Å²) in [5, 5.41) is 3.40. The van der Waals surface area contributed by atoms with Gasteiger partial charge in [-0.15, -0.1) is 0 Å². The van der Waals surface area contributed by atoms with Crippen LogP contribution >= 0.6 is 0 Å². The number of nitrogens with one attached hydrogen (secondary N) is 1. The topological polar surface area (TPSA) is 41.3 Å². The molecule has 2 heterocycles. The van der Waals surface area contributed by atoms with Crippen LogP contribution in [0.1, 0.15) is 31.7 Å². The van der Waals surface area contributed by atoms with E-state index in [1.165, 1.54) is 11.3 Å². The van der Waals surface area contributed by atoms with E-state index in [-0.39, 0.29) is 0 Å². The summed E-state index contributed by atoms with van der Waals surface area (Å²) in [4.78, 5) is 7.07. The highest BCUT2D eigenvalue weighted by Crippen LogP contribution is 2.30. The Morgan fingerprint density at radius 1 is 1.25 bits per heavy atom. The summed E-state index contributed by atoms with van der Waals surface area (Å²) in [6.07, 6.45) is 3.01. The van der Waals surface area contributed by atoms with E-state index < -0.39 is 0 Å². The molecule has 0 amide bonds. The summed E-state index contributed by atoms with van der Waals surface area (Å²) in [6.45, 7) is 8.49. The van der Waals surface area contributed by atoms with Gasteiger partial charge >= 0.3 is 0 Å². The highest BCUT2D eigenvalue weighted by atomic mass is 16.3. The van der Waals surface area contributed by atoms with Crippen molar-refractivity contribution in [3.8, 4) is 0 Å². The Bertz CT molecular complexity index is 585. The molecular weight excluding hydrogens is 250 g/mol. The Hall–Kier alpha value is -1.55. The number of oxazole rings is 1. The van der Waals surface area contributed by atoms with Crippen LogP contribution < -0.4 is 10.2 Å². The molecule has 1 N–H and O–H groups in total. The number of aryl methyl sites for hydroxylation is 2. The summed E-state index contributed by atoms with van der Waals surface area (Å²) < 4.78 is 6.02. The third-order valence-electron chi connectivity index (χ3n) is 3.90. The van der Waals surface area contributed by atoms with E-state index in [2.05, 4.69) is 41.2 Å². The molecule has 0 aliphatic carbocycles. The lowest BCUT2D eigenvalue weighted by molar-refractivity contribution is 0.522. The van der Waals surface area contributed by atoms with E-state index in [0.29, 0.717) is 0 Å². The number of hydrogen-bond donors (Lipinski definition) is 1. The predicted molar refractivity (Wildman–Crippen MR) is 82.5 cm³/mol. The van der Waals surface area contributed by atoms with Crippen molar-refractivity contribution < 1.29 is 4.42 Å². The number of nitrogens with zero attached hydrogens (tertiary/aromatic N) is 2. The van der Waals surface area contributed by atoms with Gasteiger partial charge < -0.3 is 14.6 Å². The van der Waals surface area contributed by atoms with E-state index >= 15 is 0 Å². The lowest BCUT2D eigenvalue weighted by atomic mass is 10.1. The van der Waals surface area contributed by atoms with E-state index in [0.717, 1.165) is 62.4 Å². The van der Waals surface area contributed by atoms with Crippen LogP contribution in [0.4, 0.5) is 5.69 Å². The highest BCUT2D eigenvalue weighted by molar-refractivity contribution is 5.88. The average molecular weight is 273 g/mol. The molecule has 0 spiro atoms. The van der Waals surface area contributed by atoms with Crippen molar-refractivity contribution >= 4 is 16.8 Å². The normalized spacial score (nSPS) is 16.0. The quantitative estimate of drug-likeness (QED) is 0.930. The second-order valence-corrected chi connectivity index (χ2v) is 5.41. The molecule has 20 heavy (non-hydrogen) atoms. The van der Waals surface area contributed by atoms with E-state index in [1.54, 1.807) is 0 Å². The van der Waals surface area contributed by atoms with E-state index in [9.17, 15) is 0 Å². The van der Waals surface area contributed by atoms with Crippen molar-refractivity contribution in [2.45, 2.75) is 33.1 Å². The molecule has 4 heteroatoms. The minimum Gasteiger partial charge on any atom is -0.439 e. The van der Waals surface area contributed by atoms with Crippen molar-refractivity contribution in [3.63, 3.8) is 0 Å². The summed E-state index contributed by atoms with van der Waals surface area (Å²) in [5.41, 5.74) is 4.53. The Morgan fingerprint density at radius 3 is 2.75 bits per heavy atom. The average Bonchev–Trinajstić information content (AvgIpc) is 2.89. The molecule has 1 fully saturated rings. The summed E-state index contributed by atoms with van der Waals surface area (Å²) in [7, 11) is 0. The number of hydrogen-bond acceptors (Lipinski definition) is 4. The van der Waals surface area contributed by atoms with Crippen molar-refractivity contribution in [1.29, 1.82) is 0 Å². The molecule has 0 atom stereocenters. The van der Waals surface area contributed by atoms with Gasteiger partial charge in [0.05, 0.1) is 5.69 Å².